The third-order valence-electron chi connectivity index (χ3n) is 5.98. The molecule has 0 aliphatic carbocycles. The molecular weight excluding hydrogens is 426 g/mol. The number of ether oxygens (including phenoxy) is 2. The summed E-state index contributed by atoms with van der Waals surface area (Å²) in [7, 11) is 0. The maximum Gasteiger partial charge on any atom is 0.262 e. The number of amides is 1. The first kappa shape index (κ1) is 21.4. The Hall–Kier alpha value is -4.50. The molecule has 0 atom stereocenters. The highest BCUT2D eigenvalue weighted by atomic mass is 16.7. The van der Waals surface area contributed by atoms with Gasteiger partial charge in [0.15, 0.2) is 11.5 Å². The van der Waals surface area contributed by atoms with Crippen LogP contribution in [-0.2, 0) is 17.9 Å². The lowest BCUT2D eigenvalue weighted by Crippen LogP contribution is -2.23. The molecule has 1 aliphatic rings. The first-order valence-electron chi connectivity index (χ1n) is 11.0. The number of carbonyl (C=O) groups is 1. The van der Waals surface area contributed by atoms with Crippen LogP contribution in [0.1, 0.15) is 22.3 Å². The van der Waals surface area contributed by atoms with E-state index in [-0.39, 0.29) is 18.9 Å². The molecule has 6 heteroatoms. The number of aryl methyl sites for hydroxylation is 1. The summed E-state index contributed by atoms with van der Waals surface area (Å²) in [6.07, 6.45) is 3.66. The van der Waals surface area contributed by atoms with Crippen LogP contribution in [0.25, 0.3) is 17.0 Å². The molecule has 0 radical (unpaired) electrons. The number of hydrogen-bond acceptors (Lipinski definition) is 4. The minimum Gasteiger partial charge on any atom is -0.454 e. The van der Waals surface area contributed by atoms with Crippen molar-refractivity contribution in [3.05, 3.63) is 101 Å². The zero-order valence-corrected chi connectivity index (χ0v) is 18.7. The van der Waals surface area contributed by atoms with Gasteiger partial charge in [-0.15, -0.1) is 0 Å². The third-order valence-corrected chi connectivity index (χ3v) is 5.98. The molecule has 1 amide bonds. The molecule has 0 saturated carbocycles. The van der Waals surface area contributed by atoms with Gasteiger partial charge in [-0.2, -0.15) is 5.26 Å². The highest BCUT2D eigenvalue weighted by molar-refractivity contribution is 6.04. The topological polar surface area (TPSA) is 76.3 Å². The summed E-state index contributed by atoms with van der Waals surface area (Å²) < 4.78 is 12.9. The summed E-state index contributed by atoms with van der Waals surface area (Å²) in [5.41, 5.74) is 5.25. The Balaban J connectivity index is 1.39. The van der Waals surface area contributed by atoms with Gasteiger partial charge in [-0.1, -0.05) is 48.5 Å². The first-order valence-corrected chi connectivity index (χ1v) is 11.0. The van der Waals surface area contributed by atoms with Crippen LogP contribution in [0.3, 0.4) is 0 Å². The summed E-state index contributed by atoms with van der Waals surface area (Å²) in [4.78, 5) is 12.8. The fourth-order valence-corrected chi connectivity index (χ4v) is 4.12. The highest BCUT2D eigenvalue weighted by Crippen LogP contribution is 2.32. The molecule has 2 heterocycles. The number of aromatic nitrogens is 1. The van der Waals surface area contributed by atoms with Gasteiger partial charge in [0.1, 0.15) is 11.6 Å². The van der Waals surface area contributed by atoms with Crippen molar-refractivity contribution < 1.29 is 14.3 Å². The predicted molar refractivity (Wildman–Crippen MR) is 130 cm³/mol. The van der Waals surface area contributed by atoms with E-state index in [0.717, 1.165) is 22.0 Å². The van der Waals surface area contributed by atoms with E-state index >= 15 is 0 Å². The molecule has 1 aromatic heterocycles. The second-order valence-electron chi connectivity index (χ2n) is 8.20. The van der Waals surface area contributed by atoms with Crippen molar-refractivity contribution in [2.75, 3.05) is 6.79 Å². The fraction of sp³-hybridized carbons (Fsp3) is 0.143. The van der Waals surface area contributed by atoms with Crippen molar-refractivity contribution in [3.8, 4) is 17.6 Å². The number of nitrogens with zero attached hydrogens (tertiary/aromatic N) is 2. The number of carbonyl (C=O) groups excluding carboxylic acids is 1. The van der Waals surface area contributed by atoms with E-state index in [9.17, 15) is 10.1 Å². The number of benzene rings is 3. The molecule has 0 saturated heterocycles. The molecule has 6 nitrogen and oxygen atoms in total. The molecule has 0 spiro atoms. The van der Waals surface area contributed by atoms with Crippen molar-refractivity contribution in [3.63, 3.8) is 0 Å². The minimum absolute atomic E-state index is 0.0551. The Morgan fingerprint density at radius 1 is 1.09 bits per heavy atom. The molecular formula is C28H23N3O3. The van der Waals surface area contributed by atoms with Gasteiger partial charge < -0.3 is 19.4 Å². The lowest BCUT2D eigenvalue weighted by Gasteiger charge is -2.08. The summed E-state index contributed by atoms with van der Waals surface area (Å²) in [6.45, 7) is 3.28. The monoisotopic (exact) mass is 449 g/mol. The highest BCUT2D eigenvalue weighted by Gasteiger charge is 2.15. The van der Waals surface area contributed by atoms with Gasteiger partial charge >= 0.3 is 0 Å². The molecule has 0 fully saturated rings. The minimum atomic E-state index is -0.420. The lowest BCUT2D eigenvalue weighted by molar-refractivity contribution is -0.117. The van der Waals surface area contributed by atoms with E-state index in [1.54, 1.807) is 6.08 Å². The van der Waals surface area contributed by atoms with Crippen molar-refractivity contribution in [2.24, 2.45) is 0 Å². The van der Waals surface area contributed by atoms with Gasteiger partial charge in [0.2, 0.25) is 6.79 Å². The van der Waals surface area contributed by atoms with Gasteiger partial charge in [-0.3, -0.25) is 4.79 Å². The predicted octanol–water partition coefficient (Wildman–Crippen LogP) is 4.95. The number of fused-ring (bicyclic) bond motifs is 2. The van der Waals surface area contributed by atoms with Gasteiger partial charge in [0, 0.05) is 35.8 Å². The van der Waals surface area contributed by atoms with Crippen molar-refractivity contribution >= 4 is 22.9 Å². The summed E-state index contributed by atoms with van der Waals surface area (Å²) in [6, 6.07) is 23.9. The quantitative estimate of drug-likeness (QED) is 0.334. The third kappa shape index (κ3) is 4.24. The maximum absolute atomic E-state index is 12.8. The van der Waals surface area contributed by atoms with Crippen LogP contribution in [0.5, 0.6) is 11.5 Å². The van der Waals surface area contributed by atoms with Gasteiger partial charge in [-0.05, 0) is 47.9 Å². The van der Waals surface area contributed by atoms with Crippen LogP contribution in [0.4, 0.5) is 0 Å². The van der Waals surface area contributed by atoms with Crippen LogP contribution in [0.2, 0.25) is 0 Å². The van der Waals surface area contributed by atoms with Crippen molar-refractivity contribution in [1.82, 2.24) is 9.88 Å². The number of nitriles is 1. The molecule has 0 bridgehead atoms. The zero-order chi connectivity index (χ0) is 23.5. The molecule has 0 unspecified atom stereocenters. The summed E-state index contributed by atoms with van der Waals surface area (Å²) in [5.74, 6) is 0.926. The molecule has 4 aromatic rings. The van der Waals surface area contributed by atoms with Crippen LogP contribution in [0.15, 0.2) is 78.5 Å². The van der Waals surface area contributed by atoms with E-state index < -0.39 is 5.91 Å². The molecule has 168 valence electrons. The Morgan fingerprint density at radius 3 is 2.74 bits per heavy atom. The standard InChI is InChI=1S/C28H23N3O3/c1-19-6-2-3-7-21(19)16-31-17-23(24-8-4-5-9-25(24)31)13-22(14-29)28(32)30-15-20-10-11-26-27(12-20)34-18-33-26/h2-13,17H,15-16,18H2,1H3,(H,30,32)/b22-13+. The molecule has 34 heavy (non-hydrogen) atoms. The Bertz CT molecular complexity index is 1460. The second kappa shape index (κ2) is 9.16. The van der Waals surface area contributed by atoms with E-state index in [1.807, 2.05) is 54.7 Å². The average Bonchev–Trinajstić information content (AvgIpc) is 3.47. The van der Waals surface area contributed by atoms with E-state index in [0.29, 0.717) is 18.0 Å². The smallest absolute Gasteiger partial charge is 0.262 e. The normalized spacial score (nSPS) is 12.5. The molecule has 3 aromatic carbocycles. The fourth-order valence-electron chi connectivity index (χ4n) is 4.12. The average molecular weight is 450 g/mol. The Kier molecular flexibility index (Phi) is 5.75. The zero-order valence-electron chi connectivity index (χ0n) is 18.7. The SMILES string of the molecule is Cc1ccccc1Cn1cc(/C=C(\C#N)C(=O)NCc2ccc3c(c2)OCO3)c2ccccc21. The van der Waals surface area contributed by atoms with E-state index in [4.69, 9.17) is 9.47 Å². The number of hydrogen-bond donors (Lipinski definition) is 1. The van der Waals surface area contributed by atoms with Crippen LogP contribution < -0.4 is 14.8 Å². The molecule has 1 N–H and O–H groups in total. The Labute approximate surface area is 197 Å². The van der Waals surface area contributed by atoms with Gasteiger partial charge in [0.05, 0.1) is 0 Å². The van der Waals surface area contributed by atoms with Crippen molar-refractivity contribution in [1.29, 1.82) is 5.26 Å². The van der Waals surface area contributed by atoms with Crippen LogP contribution >= 0.6 is 0 Å². The first-order chi connectivity index (χ1) is 16.6. The van der Waals surface area contributed by atoms with Crippen LogP contribution in [-0.4, -0.2) is 17.3 Å². The van der Waals surface area contributed by atoms with Gasteiger partial charge in [-0.25, -0.2) is 0 Å². The number of rotatable bonds is 6. The van der Waals surface area contributed by atoms with Crippen molar-refractivity contribution in [2.45, 2.75) is 20.0 Å². The summed E-state index contributed by atoms with van der Waals surface area (Å²) >= 11 is 0. The van der Waals surface area contributed by atoms with E-state index in [2.05, 4.69) is 41.1 Å². The van der Waals surface area contributed by atoms with Gasteiger partial charge in [0.25, 0.3) is 5.91 Å². The van der Waals surface area contributed by atoms with E-state index in [1.165, 1.54) is 11.1 Å². The molecule has 5 rings (SSSR count). The largest absolute Gasteiger partial charge is 0.454 e. The summed E-state index contributed by atoms with van der Waals surface area (Å²) in [5, 5.41) is 13.5. The van der Waals surface area contributed by atoms with Crippen LogP contribution in [0, 0.1) is 18.3 Å². The second-order valence-corrected chi connectivity index (χ2v) is 8.20. The lowest BCUT2D eigenvalue weighted by atomic mass is 10.1. The number of para-hydroxylation sites is 1. The number of nitrogens with one attached hydrogen (secondary N) is 1. The maximum atomic E-state index is 12.8. The Morgan fingerprint density at radius 2 is 1.88 bits per heavy atom. The molecule has 1 aliphatic heterocycles.